The summed E-state index contributed by atoms with van der Waals surface area (Å²) in [5.41, 5.74) is 2.18. The van der Waals surface area contributed by atoms with E-state index in [9.17, 15) is 0 Å². The summed E-state index contributed by atoms with van der Waals surface area (Å²) < 4.78 is 7.36. The molecule has 0 fully saturated rings. The maximum absolute atomic E-state index is 5.47. The van der Waals surface area contributed by atoms with E-state index in [1.165, 1.54) is 0 Å². The van der Waals surface area contributed by atoms with E-state index in [-0.39, 0.29) is 6.04 Å². The molecule has 0 bridgehead atoms. The molecule has 0 saturated carbocycles. The summed E-state index contributed by atoms with van der Waals surface area (Å²) in [7, 11) is 1.95. The van der Waals surface area contributed by atoms with Crippen LogP contribution in [-0.2, 0) is 13.6 Å². The van der Waals surface area contributed by atoms with Crippen molar-refractivity contribution >= 4 is 0 Å². The highest BCUT2D eigenvalue weighted by Gasteiger charge is 2.11. The average molecular weight is 234 g/mol. The molecule has 2 aromatic rings. The van der Waals surface area contributed by atoms with Crippen LogP contribution in [0, 0.1) is 13.8 Å². The maximum atomic E-state index is 5.47. The van der Waals surface area contributed by atoms with Crippen LogP contribution in [0.3, 0.4) is 0 Å². The molecule has 0 amide bonds. The van der Waals surface area contributed by atoms with Gasteiger partial charge in [-0.15, -0.1) is 0 Å². The van der Waals surface area contributed by atoms with Crippen molar-refractivity contribution in [2.45, 2.75) is 33.4 Å². The minimum Gasteiger partial charge on any atom is -0.444 e. The molecule has 0 aliphatic rings. The van der Waals surface area contributed by atoms with Crippen LogP contribution >= 0.6 is 0 Å². The minimum absolute atomic E-state index is 0.0962. The van der Waals surface area contributed by atoms with Crippen LogP contribution in [0.15, 0.2) is 16.7 Å². The second kappa shape index (κ2) is 4.71. The molecule has 0 saturated heterocycles. The number of hydrogen-bond acceptors (Lipinski definition) is 4. The largest absolute Gasteiger partial charge is 0.444 e. The fourth-order valence-electron chi connectivity index (χ4n) is 1.75. The summed E-state index contributed by atoms with van der Waals surface area (Å²) in [6, 6.07) is 2.17. The number of nitrogens with one attached hydrogen (secondary N) is 1. The zero-order valence-corrected chi connectivity index (χ0v) is 10.7. The van der Waals surface area contributed by atoms with Crippen LogP contribution < -0.4 is 5.32 Å². The molecular formula is C12H18N4O. The van der Waals surface area contributed by atoms with Crippen molar-refractivity contribution in [3.8, 4) is 0 Å². The number of nitrogens with zero attached hydrogens (tertiary/aromatic N) is 3. The molecule has 5 nitrogen and oxygen atoms in total. The van der Waals surface area contributed by atoms with Gasteiger partial charge in [0.2, 0.25) is 5.89 Å². The van der Waals surface area contributed by atoms with E-state index in [1.54, 1.807) is 6.20 Å². The van der Waals surface area contributed by atoms with Crippen LogP contribution in [0.1, 0.15) is 36.0 Å². The van der Waals surface area contributed by atoms with Crippen LogP contribution in [0.2, 0.25) is 0 Å². The van der Waals surface area contributed by atoms with E-state index in [0.717, 1.165) is 29.6 Å². The van der Waals surface area contributed by atoms with Gasteiger partial charge in [0, 0.05) is 13.6 Å². The highest BCUT2D eigenvalue weighted by molar-refractivity contribution is 5.08. The van der Waals surface area contributed by atoms with Crippen LogP contribution in [0.25, 0.3) is 0 Å². The smallest absolute Gasteiger partial charge is 0.211 e. The fourth-order valence-corrected chi connectivity index (χ4v) is 1.75. The van der Waals surface area contributed by atoms with Crippen molar-refractivity contribution in [3.05, 3.63) is 35.3 Å². The highest BCUT2D eigenvalue weighted by Crippen LogP contribution is 2.12. The topological polar surface area (TPSA) is 55.9 Å². The molecule has 92 valence electrons. The third-order valence-electron chi connectivity index (χ3n) is 2.70. The third-order valence-corrected chi connectivity index (χ3v) is 2.70. The molecule has 0 aliphatic heterocycles. The van der Waals surface area contributed by atoms with E-state index in [4.69, 9.17) is 4.42 Å². The standard InChI is InChI=1S/C12H18N4O/c1-8-5-11(16(4)15-8)7-13-10(3)12-14-6-9(2)17-12/h5-6,10,13H,7H2,1-4H3. The minimum atomic E-state index is 0.0962. The lowest BCUT2D eigenvalue weighted by atomic mass is 10.3. The van der Waals surface area contributed by atoms with Gasteiger partial charge in [-0.05, 0) is 26.8 Å². The van der Waals surface area contributed by atoms with Gasteiger partial charge in [-0.25, -0.2) is 4.98 Å². The lowest BCUT2D eigenvalue weighted by molar-refractivity contribution is 0.399. The molecule has 2 rings (SSSR count). The van der Waals surface area contributed by atoms with Gasteiger partial charge in [-0.3, -0.25) is 4.68 Å². The lowest BCUT2D eigenvalue weighted by Crippen LogP contribution is -2.20. The predicted molar refractivity (Wildman–Crippen MR) is 64.4 cm³/mol. The van der Waals surface area contributed by atoms with Crippen molar-refractivity contribution in [1.29, 1.82) is 0 Å². The average Bonchev–Trinajstić information content (AvgIpc) is 2.82. The second-order valence-electron chi connectivity index (χ2n) is 4.31. The van der Waals surface area contributed by atoms with Gasteiger partial charge in [0.05, 0.1) is 23.6 Å². The van der Waals surface area contributed by atoms with Crippen molar-refractivity contribution in [1.82, 2.24) is 20.1 Å². The normalized spacial score (nSPS) is 12.9. The summed E-state index contributed by atoms with van der Waals surface area (Å²) in [4.78, 5) is 4.20. The van der Waals surface area contributed by atoms with Gasteiger partial charge in [-0.2, -0.15) is 5.10 Å². The first-order chi connectivity index (χ1) is 8.06. The first-order valence-corrected chi connectivity index (χ1v) is 5.71. The van der Waals surface area contributed by atoms with Crippen LogP contribution in [0.5, 0.6) is 0 Å². The maximum Gasteiger partial charge on any atom is 0.211 e. The lowest BCUT2D eigenvalue weighted by Gasteiger charge is -2.10. The zero-order chi connectivity index (χ0) is 12.4. The Hall–Kier alpha value is -1.62. The Kier molecular flexibility index (Phi) is 3.28. The van der Waals surface area contributed by atoms with Crippen molar-refractivity contribution < 1.29 is 4.42 Å². The zero-order valence-electron chi connectivity index (χ0n) is 10.7. The van der Waals surface area contributed by atoms with E-state index >= 15 is 0 Å². The Morgan fingerprint density at radius 2 is 2.24 bits per heavy atom. The number of hydrogen-bond donors (Lipinski definition) is 1. The number of oxazole rings is 1. The molecule has 1 unspecified atom stereocenters. The quantitative estimate of drug-likeness (QED) is 0.877. The van der Waals surface area contributed by atoms with Crippen molar-refractivity contribution in [2.75, 3.05) is 0 Å². The Morgan fingerprint density at radius 1 is 1.47 bits per heavy atom. The molecule has 0 radical (unpaired) electrons. The number of aromatic nitrogens is 3. The Morgan fingerprint density at radius 3 is 2.76 bits per heavy atom. The third kappa shape index (κ3) is 2.74. The molecule has 2 heterocycles. The van der Waals surface area contributed by atoms with Crippen LogP contribution in [0.4, 0.5) is 0 Å². The van der Waals surface area contributed by atoms with Gasteiger partial charge >= 0.3 is 0 Å². The molecular weight excluding hydrogens is 216 g/mol. The molecule has 1 N–H and O–H groups in total. The molecule has 1 atom stereocenters. The van der Waals surface area contributed by atoms with Gasteiger partial charge in [0.1, 0.15) is 5.76 Å². The molecule has 0 aromatic carbocycles. The SMILES string of the molecule is Cc1cc(CNC(C)c2ncc(C)o2)n(C)n1. The predicted octanol–water partition coefficient (Wildman–Crippen LogP) is 1.88. The van der Waals surface area contributed by atoms with E-state index in [2.05, 4.69) is 21.5 Å². The van der Waals surface area contributed by atoms with Gasteiger partial charge < -0.3 is 9.73 Å². The molecule has 5 heteroatoms. The Bertz CT molecular complexity index is 500. The first-order valence-electron chi connectivity index (χ1n) is 5.71. The number of aryl methyl sites for hydroxylation is 3. The summed E-state index contributed by atoms with van der Waals surface area (Å²) in [5.74, 6) is 1.56. The molecule has 0 aliphatic carbocycles. The summed E-state index contributed by atoms with van der Waals surface area (Å²) in [6.07, 6.45) is 1.74. The summed E-state index contributed by atoms with van der Waals surface area (Å²) in [6.45, 7) is 6.67. The van der Waals surface area contributed by atoms with Gasteiger partial charge in [0.25, 0.3) is 0 Å². The van der Waals surface area contributed by atoms with E-state index < -0.39 is 0 Å². The summed E-state index contributed by atoms with van der Waals surface area (Å²) in [5, 5.41) is 7.67. The number of rotatable bonds is 4. The molecule has 17 heavy (non-hydrogen) atoms. The van der Waals surface area contributed by atoms with Crippen LogP contribution in [-0.4, -0.2) is 14.8 Å². The van der Waals surface area contributed by atoms with Gasteiger partial charge in [-0.1, -0.05) is 0 Å². The fraction of sp³-hybridized carbons (Fsp3) is 0.500. The highest BCUT2D eigenvalue weighted by atomic mass is 16.4. The first kappa shape index (κ1) is 11.9. The Labute approximate surface area is 101 Å². The van der Waals surface area contributed by atoms with Gasteiger partial charge in [0.15, 0.2) is 0 Å². The van der Waals surface area contributed by atoms with Crippen molar-refractivity contribution in [3.63, 3.8) is 0 Å². The molecule has 2 aromatic heterocycles. The second-order valence-corrected chi connectivity index (χ2v) is 4.31. The monoisotopic (exact) mass is 234 g/mol. The molecule has 0 spiro atoms. The van der Waals surface area contributed by atoms with E-state index in [0.29, 0.717) is 0 Å². The van der Waals surface area contributed by atoms with Crippen molar-refractivity contribution in [2.24, 2.45) is 7.05 Å². The summed E-state index contributed by atoms with van der Waals surface area (Å²) >= 11 is 0. The Balaban J connectivity index is 1.96. The van der Waals surface area contributed by atoms with E-state index in [1.807, 2.05) is 32.5 Å².